The van der Waals surface area contributed by atoms with Gasteiger partial charge in [-0.2, -0.15) is 4.98 Å². The molecule has 10 nitrogen and oxygen atoms in total. The summed E-state index contributed by atoms with van der Waals surface area (Å²) in [4.78, 5) is 26.4. The maximum atomic E-state index is 12.0. The van der Waals surface area contributed by atoms with Crippen LogP contribution in [0, 0.1) is 0 Å². The number of rotatable bonds is 7. The molecule has 1 aromatic carbocycles. The molecule has 2 heterocycles. The van der Waals surface area contributed by atoms with Crippen LogP contribution in [0.15, 0.2) is 53.9 Å². The van der Waals surface area contributed by atoms with E-state index in [2.05, 4.69) is 4.98 Å². The first-order chi connectivity index (χ1) is 12.8. The monoisotopic (exact) mass is 395 g/mol. The molecule has 0 aliphatic heterocycles. The number of ether oxygens (including phenoxy) is 1. The number of sulfonamides is 1. The van der Waals surface area contributed by atoms with E-state index in [0.717, 1.165) is 8.88 Å². The summed E-state index contributed by atoms with van der Waals surface area (Å²) in [6, 6.07) is 6.14. The molecule has 0 unspecified atom stereocenters. The summed E-state index contributed by atoms with van der Waals surface area (Å²) in [6.07, 6.45) is 2.55. The zero-order chi connectivity index (χ0) is 19.6. The van der Waals surface area contributed by atoms with Crippen LogP contribution in [0.3, 0.4) is 0 Å². The van der Waals surface area contributed by atoms with Gasteiger partial charge in [-0.15, -0.1) is 4.57 Å². The number of imidazole rings is 1. The predicted molar refractivity (Wildman–Crippen MR) is 93.4 cm³/mol. The van der Waals surface area contributed by atoms with Gasteiger partial charge in [-0.1, -0.05) is 0 Å². The van der Waals surface area contributed by atoms with E-state index >= 15 is 0 Å². The van der Waals surface area contributed by atoms with Gasteiger partial charge in [-0.3, -0.25) is 0 Å². The van der Waals surface area contributed by atoms with Crippen LogP contribution in [0.4, 0.5) is 0 Å². The Morgan fingerprint density at radius 2 is 1.85 bits per heavy atom. The molecule has 11 heteroatoms. The first-order valence-corrected chi connectivity index (χ1v) is 9.39. The average molecular weight is 395 g/mol. The zero-order valence-corrected chi connectivity index (χ0v) is 15.4. The normalized spacial score (nSPS) is 12.0. The van der Waals surface area contributed by atoms with Crippen molar-refractivity contribution in [3.8, 4) is 5.75 Å². The van der Waals surface area contributed by atoms with Gasteiger partial charge in [0.15, 0.2) is 0 Å². The number of aromatic nitrogens is 2. The Morgan fingerprint density at radius 3 is 2.52 bits per heavy atom. The van der Waals surface area contributed by atoms with Crippen molar-refractivity contribution in [1.82, 2.24) is 13.9 Å². The molecule has 3 aromatic rings. The Labute approximate surface area is 153 Å². The first-order valence-electron chi connectivity index (χ1n) is 7.95. The highest BCUT2D eigenvalue weighted by Gasteiger charge is 2.16. The van der Waals surface area contributed by atoms with Gasteiger partial charge in [0.25, 0.3) is 0 Å². The Morgan fingerprint density at radius 1 is 1.15 bits per heavy atom. The fourth-order valence-electron chi connectivity index (χ4n) is 2.26. The largest absolute Gasteiger partial charge is 0.494 e. The maximum absolute atomic E-state index is 12.0. The lowest BCUT2D eigenvalue weighted by Crippen LogP contribution is -2.22. The van der Waals surface area contributed by atoms with Gasteiger partial charge in [0.1, 0.15) is 5.75 Å². The summed E-state index contributed by atoms with van der Waals surface area (Å²) in [6.45, 7) is 0.363. The van der Waals surface area contributed by atoms with Gasteiger partial charge in [0.2, 0.25) is 10.0 Å². The van der Waals surface area contributed by atoms with Crippen molar-refractivity contribution in [2.45, 2.75) is 17.7 Å². The first kappa shape index (κ1) is 18.9. The molecular weight excluding hydrogens is 378 g/mol. The van der Waals surface area contributed by atoms with E-state index in [-0.39, 0.29) is 10.7 Å². The summed E-state index contributed by atoms with van der Waals surface area (Å²) in [5.74, 6) is 0.452. The van der Waals surface area contributed by atoms with Crippen LogP contribution in [0.25, 0.3) is 5.84 Å². The van der Waals surface area contributed by atoms with Crippen molar-refractivity contribution >= 4 is 15.9 Å². The number of nitrogens with zero attached hydrogens (tertiary/aromatic N) is 3. The third-order valence-electron chi connectivity index (χ3n) is 3.67. The van der Waals surface area contributed by atoms with Gasteiger partial charge >= 0.3 is 17.1 Å². The van der Waals surface area contributed by atoms with Crippen molar-refractivity contribution in [2.24, 2.45) is 0 Å². The molecule has 0 spiro atoms. The van der Waals surface area contributed by atoms with Crippen LogP contribution in [0.2, 0.25) is 0 Å². The lowest BCUT2D eigenvalue weighted by molar-refractivity contribution is 0.275. The van der Waals surface area contributed by atoms with E-state index in [1.54, 1.807) is 12.1 Å². The number of benzene rings is 1. The minimum atomic E-state index is -3.47. The van der Waals surface area contributed by atoms with Gasteiger partial charge in [0, 0.05) is 14.1 Å². The molecule has 0 N–H and O–H groups in total. The predicted octanol–water partition coefficient (Wildman–Crippen LogP) is 0.503. The lowest BCUT2D eigenvalue weighted by atomic mass is 10.2. The number of fused-ring (bicyclic) bond motifs is 1. The minimum Gasteiger partial charge on any atom is -0.494 e. The highest BCUT2D eigenvalue weighted by Crippen LogP contribution is 2.18. The van der Waals surface area contributed by atoms with Gasteiger partial charge < -0.3 is 13.7 Å². The summed E-state index contributed by atoms with van der Waals surface area (Å²) in [7, 11) is -0.534. The molecule has 0 fully saturated rings. The second-order valence-corrected chi connectivity index (χ2v) is 7.97. The molecule has 0 saturated heterocycles. The molecule has 144 valence electrons. The molecule has 3 rings (SSSR count). The summed E-state index contributed by atoms with van der Waals surface area (Å²) < 4.78 is 41.1. The molecule has 0 bridgehead atoms. The topological polar surface area (TPSA) is 124 Å². The molecule has 0 amide bonds. The van der Waals surface area contributed by atoms with Crippen LogP contribution in [-0.4, -0.2) is 43.0 Å². The van der Waals surface area contributed by atoms with Crippen molar-refractivity contribution in [3.63, 3.8) is 0 Å². The molecule has 27 heavy (non-hydrogen) atoms. The Hall–Kier alpha value is -2.92. The van der Waals surface area contributed by atoms with Crippen LogP contribution in [-0.2, 0) is 16.4 Å². The number of hydrogen-bond donors (Lipinski definition) is 0. The fraction of sp³-hybridized carbons (Fsp3) is 0.312. The van der Waals surface area contributed by atoms with Crippen LogP contribution in [0.1, 0.15) is 12.1 Å². The quantitative estimate of drug-likeness (QED) is 0.418. The van der Waals surface area contributed by atoms with E-state index < -0.39 is 21.3 Å². The highest BCUT2D eigenvalue weighted by atomic mass is 32.2. The fourth-order valence-corrected chi connectivity index (χ4v) is 3.16. The smallest absolute Gasteiger partial charge is 0.442 e. The van der Waals surface area contributed by atoms with Crippen molar-refractivity contribution in [3.05, 3.63) is 57.0 Å². The Balaban J connectivity index is 1.56. The van der Waals surface area contributed by atoms with E-state index in [1.165, 1.54) is 32.4 Å². The van der Waals surface area contributed by atoms with Crippen LogP contribution >= 0.6 is 0 Å². The molecule has 0 saturated carbocycles. The molecule has 0 radical (unpaired) electrons. The standard InChI is InChI=1S/C16H17N3O7S/c1-18(2)27(22,23)13-7-5-12(6-8-13)24-9-3-4-11-10-19-16(17-11)25-14(20)15(21)26-19/h5-8,10H,3-4,9H2,1-2H3. The third kappa shape index (κ3) is 4.09. The van der Waals surface area contributed by atoms with E-state index in [4.69, 9.17) is 13.7 Å². The maximum Gasteiger partial charge on any atom is 0.442 e. The minimum absolute atomic E-state index is 0.0896. The second kappa shape index (κ2) is 7.37. The molecule has 0 atom stereocenters. The van der Waals surface area contributed by atoms with Crippen molar-refractivity contribution in [1.29, 1.82) is 0 Å². The van der Waals surface area contributed by atoms with Gasteiger partial charge in [-0.05, 0) is 37.1 Å². The molecule has 0 aliphatic rings. The molecule has 0 aliphatic carbocycles. The highest BCUT2D eigenvalue weighted by molar-refractivity contribution is 7.89. The van der Waals surface area contributed by atoms with Gasteiger partial charge in [-0.25, -0.2) is 22.3 Å². The van der Waals surface area contributed by atoms with E-state index in [9.17, 15) is 18.0 Å². The van der Waals surface area contributed by atoms with E-state index in [1.807, 2.05) is 0 Å². The average Bonchev–Trinajstić information content (AvgIpc) is 3.01. The zero-order valence-electron chi connectivity index (χ0n) is 14.6. The van der Waals surface area contributed by atoms with E-state index in [0.29, 0.717) is 30.9 Å². The molecule has 2 aromatic heterocycles. The number of hydrogen-bond acceptors (Lipinski definition) is 8. The van der Waals surface area contributed by atoms with Crippen LogP contribution in [0.5, 0.6) is 5.75 Å². The number of aryl methyl sites for hydroxylation is 1. The summed E-state index contributed by atoms with van der Waals surface area (Å²) >= 11 is 0. The van der Waals surface area contributed by atoms with Crippen LogP contribution < -0.4 is 16.0 Å². The van der Waals surface area contributed by atoms with Crippen molar-refractivity contribution < 1.29 is 22.1 Å². The Kier molecular flexibility index (Phi) is 5.15. The third-order valence-corrected chi connectivity index (χ3v) is 5.50. The van der Waals surface area contributed by atoms with Gasteiger partial charge in [0.05, 0.1) is 23.4 Å². The Bertz CT molecular complexity index is 1110. The molecular formula is C16H17N3O7S. The van der Waals surface area contributed by atoms with Crippen molar-refractivity contribution in [2.75, 3.05) is 20.7 Å². The summed E-state index contributed by atoms with van der Waals surface area (Å²) in [5.41, 5.74) is -1.64. The SMILES string of the molecule is CN(C)S(=O)(=O)c1ccc(OCCCc2cn3oc(=O)c(=O)oc3n2)cc1. The lowest BCUT2D eigenvalue weighted by Gasteiger charge is -2.12. The summed E-state index contributed by atoms with van der Waals surface area (Å²) in [5, 5.41) is 0. The second-order valence-electron chi connectivity index (χ2n) is 5.82.